The molecular formula is C23H20FNO5S. The van der Waals surface area contributed by atoms with Crippen molar-refractivity contribution in [3.63, 3.8) is 0 Å². The van der Waals surface area contributed by atoms with Gasteiger partial charge in [-0.3, -0.25) is 9.78 Å². The van der Waals surface area contributed by atoms with Crippen molar-refractivity contribution in [1.82, 2.24) is 4.98 Å². The zero-order chi connectivity index (χ0) is 22.2. The van der Waals surface area contributed by atoms with Crippen LogP contribution in [0.1, 0.15) is 27.9 Å². The number of hydrogen-bond acceptors (Lipinski definition) is 6. The summed E-state index contributed by atoms with van der Waals surface area (Å²) in [6, 6.07) is 11.2. The van der Waals surface area contributed by atoms with Crippen LogP contribution in [-0.2, 0) is 16.4 Å². The predicted octanol–water partition coefficient (Wildman–Crippen LogP) is 4.14. The first kappa shape index (κ1) is 21.0. The van der Waals surface area contributed by atoms with Crippen LogP contribution in [0.4, 0.5) is 4.39 Å². The van der Waals surface area contributed by atoms with E-state index in [1.807, 2.05) is 0 Å². The largest absolute Gasteiger partial charge is 0.492 e. The second-order valence-electron chi connectivity index (χ2n) is 7.35. The monoisotopic (exact) mass is 441 g/mol. The first-order valence-electron chi connectivity index (χ1n) is 9.61. The van der Waals surface area contributed by atoms with Gasteiger partial charge in [-0.05, 0) is 42.8 Å². The highest BCUT2D eigenvalue weighted by atomic mass is 32.2. The Balaban J connectivity index is 1.59. The highest BCUT2D eigenvalue weighted by Crippen LogP contribution is 2.37. The first-order valence-corrected chi connectivity index (χ1v) is 11.5. The minimum Gasteiger partial charge on any atom is -0.492 e. The molecule has 0 N–H and O–H groups in total. The molecule has 160 valence electrons. The number of nitrogens with zero attached hydrogens (tertiary/aromatic N) is 1. The number of benzene rings is 2. The summed E-state index contributed by atoms with van der Waals surface area (Å²) in [7, 11) is -3.34. The highest BCUT2D eigenvalue weighted by molar-refractivity contribution is 7.90. The summed E-state index contributed by atoms with van der Waals surface area (Å²) in [5.74, 6) is -0.373. The molecule has 2 heterocycles. The molecule has 0 unspecified atom stereocenters. The highest BCUT2D eigenvalue weighted by Gasteiger charge is 2.25. The number of fused-ring (bicyclic) bond motifs is 1. The van der Waals surface area contributed by atoms with Gasteiger partial charge in [0.25, 0.3) is 0 Å². The van der Waals surface area contributed by atoms with Crippen LogP contribution in [0.2, 0.25) is 0 Å². The van der Waals surface area contributed by atoms with E-state index in [-0.39, 0.29) is 41.6 Å². The molecule has 0 spiro atoms. The van der Waals surface area contributed by atoms with Crippen molar-refractivity contribution in [2.24, 2.45) is 0 Å². The van der Waals surface area contributed by atoms with Gasteiger partial charge in [0.05, 0.1) is 22.8 Å². The van der Waals surface area contributed by atoms with E-state index in [2.05, 4.69) is 4.98 Å². The van der Waals surface area contributed by atoms with E-state index in [0.29, 0.717) is 22.6 Å². The molecular weight excluding hydrogens is 421 g/mol. The normalized spacial score (nSPS) is 13.5. The zero-order valence-electron chi connectivity index (χ0n) is 17.0. The Bertz CT molecular complexity index is 1290. The average molecular weight is 441 g/mol. The average Bonchev–Trinajstić information content (AvgIpc) is 2.74. The van der Waals surface area contributed by atoms with Crippen molar-refractivity contribution in [2.45, 2.75) is 24.8 Å². The van der Waals surface area contributed by atoms with Crippen molar-refractivity contribution in [3.8, 4) is 22.8 Å². The molecule has 0 amide bonds. The number of hydrogen-bond donors (Lipinski definition) is 0. The van der Waals surface area contributed by atoms with E-state index in [9.17, 15) is 17.6 Å². The Kier molecular flexibility index (Phi) is 5.49. The Labute approximate surface area is 179 Å². The van der Waals surface area contributed by atoms with Crippen LogP contribution in [0, 0.1) is 12.7 Å². The van der Waals surface area contributed by atoms with Gasteiger partial charge in [-0.25, -0.2) is 12.8 Å². The molecule has 0 atom stereocenters. The second kappa shape index (κ2) is 8.11. The molecule has 0 aliphatic carbocycles. The van der Waals surface area contributed by atoms with Crippen molar-refractivity contribution in [3.05, 3.63) is 71.2 Å². The summed E-state index contributed by atoms with van der Waals surface area (Å²) < 4.78 is 49.6. The summed E-state index contributed by atoms with van der Waals surface area (Å²) >= 11 is 0. The molecule has 1 aromatic heterocycles. The quantitative estimate of drug-likeness (QED) is 0.592. The Morgan fingerprint density at radius 1 is 1.19 bits per heavy atom. The first-order chi connectivity index (χ1) is 14.7. The minimum absolute atomic E-state index is 0.0332. The number of carbonyl (C=O) groups is 1. The lowest BCUT2D eigenvalue weighted by molar-refractivity contribution is 0.0931. The fraction of sp³-hybridized carbons (Fsp3) is 0.217. The third-order valence-corrected chi connectivity index (χ3v) is 6.17. The molecule has 0 bridgehead atoms. The standard InChI is InChI=1S/C23H20FNO5S/c1-14-22-18(21(26)7-9-29-22)12-19(24)23(14)30-13-15-6-8-25-20(10-15)16-4-3-5-17(11-16)31(2,27)28/h3-6,8,10-12H,7,9,13H2,1-2H3. The van der Waals surface area contributed by atoms with E-state index in [4.69, 9.17) is 9.47 Å². The number of ketones is 1. The van der Waals surface area contributed by atoms with Crippen molar-refractivity contribution >= 4 is 15.6 Å². The molecule has 31 heavy (non-hydrogen) atoms. The van der Waals surface area contributed by atoms with E-state index < -0.39 is 15.7 Å². The van der Waals surface area contributed by atoms with Crippen LogP contribution in [0.25, 0.3) is 11.3 Å². The summed E-state index contributed by atoms with van der Waals surface area (Å²) in [4.78, 5) is 16.5. The molecule has 1 aliphatic heterocycles. The third kappa shape index (κ3) is 4.29. The minimum atomic E-state index is -3.34. The van der Waals surface area contributed by atoms with Gasteiger partial charge < -0.3 is 9.47 Å². The molecule has 0 saturated heterocycles. The molecule has 8 heteroatoms. The number of sulfone groups is 1. The van der Waals surface area contributed by atoms with Gasteiger partial charge in [-0.15, -0.1) is 0 Å². The predicted molar refractivity (Wildman–Crippen MR) is 113 cm³/mol. The molecule has 1 aliphatic rings. The number of carbonyl (C=O) groups excluding carboxylic acids is 1. The molecule has 4 rings (SSSR count). The Hall–Kier alpha value is -3.26. The van der Waals surface area contributed by atoms with Gasteiger partial charge in [-0.1, -0.05) is 12.1 Å². The Morgan fingerprint density at radius 2 is 2.00 bits per heavy atom. The van der Waals surface area contributed by atoms with Crippen LogP contribution in [0.5, 0.6) is 11.5 Å². The number of aromatic nitrogens is 1. The number of pyridine rings is 1. The molecule has 0 radical (unpaired) electrons. The zero-order valence-corrected chi connectivity index (χ0v) is 17.8. The molecule has 6 nitrogen and oxygen atoms in total. The summed E-state index contributed by atoms with van der Waals surface area (Å²) in [5.41, 5.74) is 2.63. The maximum absolute atomic E-state index is 14.6. The van der Waals surface area contributed by atoms with Gasteiger partial charge in [0.15, 0.2) is 27.2 Å². The SMILES string of the molecule is Cc1c(OCc2ccnc(-c3cccc(S(C)(=O)=O)c3)c2)c(F)cc2c1OCCC2=O. The lowest BCUT2D eigenvalue weighted by Crippen LogP contribution is -2.17. The van der Waals surface area contributed by atoms with Crippen molar-refractivity contribution in [2.75, 3.05) is 12.9 Å². The van der Waals surface area contributed by atoms with E-state index in [0.717, 1.165) is 17.9 Å². The fourth-order valence-corrected chi connectivity index (χ4v) is 4.12. The van der Waals surface area contributed by atoms with Crippen LogP contribution in [-0.4, -0.2) is 32.0 Å². The van der Waals surface area contributed by atoms with Gasteiger partial charge in [0.2, 0.25) is 0 Å². The topological polar surface area (TPSA) is 82.6 Å². The Morgan fingerprint density at radius 3 is 2.77 bits per heavy atom. The lowest BCUT2D eigenvalue weighted by atomic mass is 10.0. The summed E-state index contributed by atoms with van der Waals surface area (Å²) in [6.45, 7) is 1.98. The van der Waals surface area contributed by atoms with E-state index in [1.165, 1.54) is 6.07 Å². The number of Topliss-reactive ketones (excluding diaryl/α,β-unsaturated/α-hetero) is 1. The molecule has 3 aromatic rings. The van der Waals surface area contributed by atoms with Gasteiger partial charge in [0, 0.05) is 30.0 Å². The number of ether oxygens (including phenoxy) is 2. The summed E-state index contributed by atoms with van der Waals surface area (Å²) in [6.07, 6.45) is 2.96. The summed E-state index contributed by atoms with van der Waals surface area (Å²) in [5, 5.41) is 0. The van der Waals surface area contributed by atoms with Gasteiger partial charge in [0.1, 0.15) is 12.4 Å². The van der Waals surface area contributed by atoms with Crippen LogP contribution in [0.15, 0.2) is 53.6 Å². The maximum atomic E-state index is 14.6. The van der Waals surface area contributed by atoms with E-state index in [1.54, 1.807) is 43.5 Å². The van der Waals surface area contributed by atoms with Crippen molar-refractivity contribution < 1.29 is 27.1 Å². The number of halogens is 1. The third-order valence-electron chi connectivity index (χ3n) is 5.06. The van der Waals surface area contributed by atoms with Gasteiger partial charge >= 0.3 is 0 Å². The van der Waals surface area contributed by atoms with Crippen LogP contribution >= 0.6 is 0 Å². The molecule has 0 saturated carbocycles. The molecule has 0 fully saturated rings. The van der Waals surface area contributed by atoms with Gasteiger partial charge in [-0.2, -0.15) is 0 Å². The van der Waals surface area contributed by atoms with Crippen LogP contribution in [0.3, 0.4) is 0 Å². The van der Waals surface area contributed by atoms with Crippen LogP contribution < -0.4 is 9.47 Å². The fourth-order valence-electron chi connectivity index (χ4n) is 3.46. The smallest absolute Gasteiger partial charge is 0.175 e. The molecule has 2 aromatic carbocycles. The van der Waals surface area contributed by atoms with Crippen molar-refractivity contribution in [1.29, 1.82) is 0 Å². The second-order valence-corrected chi connectivity index (χ2v) is 9.36. The van der Waals surface area contributed by atoms with E-state index >= 15 is 0 Å². The lowest BCUT2D eigenvalue weighted by Gasteiger charge is -2.21. The number of rotatable bonds is 5. The maximum Gasteiger partial charge on any atom is 0.175 e.